The molecule has 1 aliphatic carbocycles. The molecule has 2 atom stereocenters. The van der Waals surface area contributed by atoms with Crippen molar-refractivity contribution in [2.45, 2.75) is 12.8 Å². The minimum atomic E-state index is -0.183. The highest BCUT2D eigenvalue weighted by Gasteiger charge is 2.49. The molecular weight excluding hydrogens is 268 g/mol. The summed E-state index contributed by atoms with van der Waals surface area (Å²) >= 11 is 0. The van der Waals surface area contributed by atoms with E-state index in [-0.39, 0.29) is 23.7 Å². The van der Waals surface area contributed by atoms with Crippen molar-refractivity contribution < 1.29 is 14.3 Å². The summed E-state index contributed by atoms with van der Waals surface area (Å²) in [4.78, 5) is 25.9. The standard InChI is InChI=1S/C16H22N2O3/c1-18(12-7-4-3-5-8-12)16(20)14-11-13(14)15(19)17-9-6-10-21-2/h3-5,7-8,13-14H,6,9-11H2,1-2H3,(H,17,19). The molecule has 1 saturated carbocycles. The van der Waals surface area contributed by atoms with Gasteiger partial charge in [-0.25, -0.2) is 0 Å². The van der Waals surface area contributed by atoms with Gasteiger partial charge in [0.1, 0.15) is 0 Å². The van der Waals surface area contributed by atoms with Crippen LogP contribution in [0.5, 0.6) is 0 Å². The van der Waals surface area contributed by atoms with Crippen LogP contribution in [0.1, 0.15) is 12.8 Å². The van der Waals surface area contributed by atoms with Crippen LogP contribution in [0.4, 0.5) is 5.69 Å². The fraction of sp³-hybridized carbons (Fsp3) is 0.500. The maximum absolute atomic E-state index is 12.3. The number of ether oxygens (including phenoxy) is 1. The molecule has 0 saturated heterocycles. The molecule has 2 rings (SSSR count). The monoisotopic (exact) mass is 290 g/mol. The van der Waals surface area contributed by atoms with Crippen molar-refractivity contribution in [3.8, 4) is 0 Å². The van der Waals surface area contributed by atoms with Gasteiger partial charge in [-0.2, -0.15) is 0 Å². The van der Waals surface area contributed by atoms with Gasteiger partial charge >= 0.3 is 0 Å². The van der Waals surface area contributed by atoms with E-state index in [1.807, 2.05) is 30.3 Å². The first-order valence-electron chi connectivity index (χ1n) is 7.24. The first kappa shape index (κ1) is 15.5. The Kier molecular flexibility index (Phi) is 5.33. The van der Waals surface area contributed by atoms with E-state index in [0.29, 0.717) is 19.6 Å². The number of methoxy groups -OCH3 is 1. The van der Waals surface area contributed by atoms with E-state index in [1.165, 1.54) is 0 Å². The molecule has 5 nitrogen and oxygen atoms in total. The second-order valence-corrected chi connectivity index (χ2v) is 5.32. The molecule has 0 bridgehead atoms. The van der Waals surface area contributed by atoms with Gasteiger partial charge in [0.05, 0.1) is 11.8 Å². The molecule has 2 unspecified atom stereocenters. The molecule has 2 amide bonds. The van der Waals surface area contributed by atoms with Crippen LogP contribution < -0.4 is 10.2 Å². The van der Waals surface area contributed by atoms with Crippen molar-refractivity contribution in [3.63, 3.8) is 0 Å². The van der Waals surface area contributed by atoms with Gasteiger partial charge in [-0.15, -0.1) is 0 Å². The van der Waals surface area contributed by atoms with Crippen molar-refractivity contribution in [3.05, 3.63) is 30.3 Å². The van der Waals surface area contributed by atoms with E-state index in [4.69, 9.17) is 4.74 Å². The van der Waals surface area contributed by atoms with Gasteiger partial charge in [0.2, 0.25) is 11.8 Å². The van der Waals surface area contributed by atoms with Crippen LogP contribution >= 0.6 is 0 Å². The summed E-state index contributed by atoms with van der Waals surface area (Å²) in [5.74, 6) is -0.368. The molecule has 0 heterocycles. The van der Waals surface area contributed by atoms with Crippen LogP contribution in [0.3, 0.4) is 0 Å². The van der Waals surface area contributed by atoms with E-state index in [9.17, 15) is 9.59 Å². The first-order chi connectivity index (χ1) is 10.1. The zero-order valence-corrected chi connectivity index (χ0v) is 12.5. The number of rotatable bonds is 7. The van der Waals surface area contributed by atoms with Gasteiger partial charge in [0.25, 0.3) is 0 Å². The molecule has 1 N–H and O–H groups in total. The normalized spacial score (nSPS) is 19.9. The topological polar surface area (TPSA) is 58.6 Å². The van der Waals surface area contributed by atoms with E-state index in [2.05, 4.69) is 5.32 Å². The van der Waals surface area contributed by atoms with Crippen molar-refractivity contribution in [2.24, 2.45) is 11.8 Å². The highest BCUT2D eigenvalue weighted by atomic mass is 16.5. The van der Waals surface area contributed by atoms with E-state index < -0.39 is 0 Å². The molecule has 0 aromatic heterocycles. The molecule has 5 heteroatoms. The Morgan fingerprint density at radius 3 is 2.67 bits per heavy atom. The van der Waals surface area contributed by atoms with E-state index >= 15 is 0 Å². The number of para-hydroxylation sites is 1. The van der Waals surface area contributed by atoms with Crippen LogP contribution in [-0.2, 0) is 14.3 Å². The largest absolute Gasteiger partial charge is 0.385 e. The molecule has 1 aromatic rings. The van der Waals surface area contributed by atoms with Crippen LogP contribution in [0.2, 0.25) is 0 Å². The summed E-state index contributed by atoms with van der Waals surface area (Å²) in [7, 11) is 3.39. The average Bonchev–Trinajstić information content (AvgIpc) is 3.31. The quantitative estimate of drug-likeness (QED) is 0.773. The van der Waals surface area contributed by atoms with Crippen molar-refractivity contribution >= 4 is 17.5 Å². The Hall–Kier alpha value is -1.88. The number of nitrogens with one attached hydrogen (secondary N) is 1. The lowest BCUT2D eigenvalue weighted by Gasteiger charge is -2.17. The smallest absolute Gasteiger partial charge is 0.230 e. The molecule has 1 fully saturated rings. The SMILES string of the molecule is COCCCNC(=O)C1CC1C(=O)N(C)c1ccccc1. The van der Waals surface area contributed by atoms with Gasteiger partial charge in [0.15, 0.2) is 0 Å². The first-order valence-corrected chi connectivity index (χ1v) is 7.24. The lowest BCUT2D eigenvalue weighted by Crippen LogP contribution is -2.32. The maximum atomic E-state index is 12.3. The number of benzene rings is 1. The molecule has 21 heavy (non-hydrogen) atoms. The molecule has 0 radical (unpaired) electrons. The van der Waals surface area contributed by atoms with Crippen molar-refractivity contribution in [1.82, 2.24) is 5.32 Å². The second-order valence-electron chi connectivity index (χ2n) is 5.32. The van der Waals surface area contributed by atoms with Crippen LogP contribution in [0.15, 0.2) is 30.3 Å². The average molecular weight is 290 g/mol. The number of amides is 2. The third kappa shape index (κ3) is 4.04. The van der Waals surface area contributed by atoms with E-state index in [0.717, 1.165) is 12.1 Å². The summed E-state index contributed by atoms with van der Waals surface area (Å²) in [6.07, 6.45) is 1.43. The van der Waals surface area contributed by atoms with Crippen LogP contribution in [-0.4, -0.2) is 39.1 Å². The Morgan fingerprint density at radius 1 is 1.29 bits per heavy atom. The molecule has 0 spiro atoms. The summed E-state index contributed by atoms with van der Waals surface area (Å²) in [6, 6.07) is 9.48. The summed E-state index contributed by atoms with van der Waals surface area (Å²) in [6.45, 7) is 1.22. The Bertz CT molecular complexity index is 490. The number of carbonyl (C=O) groups excluding carboxylic acids is 2. The zero-order valence-electron chi connectivity index (χ0n) is 12.5. The predicted molar refractivity (Wildman–Crippen MR) is 81.0 cm³/mol. The minimum Gasteiger partial charge on any atom is -0.385 e. The summed E-state index contributed by atoms with van der Waals surface area (Å²) < 4.78 is 4.93. The third-order valence-electron chi connectivity index (χ3n) is 3.74. The summed E-state index contributed by atoms with van der Waals surface area (Å²) in [5, 5.41) is 2.85. The molecule has 1 aromatic carbocycles. The van der Waals surface area contributed by atoms with E-state index in [1.54, 1.807) is 19.1 Å². The third-order valence-corrected chi connectivity index (χ3v) is 3.74. The number of hydrogen-bond donors (Lipinski definition) is 1. The fourth-order valence-corrected chi connectivity index (χ4v) is 2.34. The lowest BCUT2D eigenvalue weighted by atomic mass is 10.2. The Morgan fingerprint density at radius 2 is 2.00 bits per heavy atom. The summed E-state index contributed by atoms with van der Waals surface area (Å²) in [5.41, 5.74) is 0.855. The van der Waals surface area contributed by atoms with Gasteiger partial charge in [0, 0.05) is 33.0 Å². The van der Waals surface area contributed by atoms with Gasteiger partial charge in [-0.3, -0.25) is 9.59 Å². The lowest BCUT2D eigenvalue weighted by molar-refractivity contribution is -0.126. The number of hydrogen-bond acceptors (Lipinski definition) is 3. The maximum Gasteiger partial charge on any atom is 0.230 e. The second kappa shape index (κ2) is 7.22. The highest BCUT2D eigenvalue weighted by molar-refractivity contribution is 6.00. The Labute approximate surface area is 125 Å². The number of carbonyl (C=O) groups is 2. The van der Waals surface area contributed by atoms with Gasteiger partial charge < -0.3 is 15.0 Å². The predicted octanol–water partition coefficient (Wildman–Crippen LogP) is 1.44. The molecule has 1 aliphatic rings. The molecule has 114 valence electrons. The van der Waals surface area contributed by atoms with Crippen molar-refractivity contribution in [1.29, 1.82) is 0 Å². The number of nitrogens with zero attached hydrogens (tertiary/aromatic N) is 1. The van der Waals surface area contributed by atoms with Crippen LogP contribution in [0, 0.1) is 11.8 Å². The van der Waals surface area contributed by atoms with Gasteiger partial charge in [-0.05, 0) is 25.0 Å². The van der Waals surface area contributed by atoms with Gasteiger partial charge in [-0.1, -0.05) is 18.2 Å². The Balaban J connectivity index is 1.79. The number of anilines is 1. The highest BCUT2D eigenvalue weighted by Crippen LogP contribution is 2.40. The fourth-order valence-electron chi connectivity index (χ4n) is 2.34. The van der Waals surface area contributed by atoms with Crippen molar-refractivity contribution in [2.75, 3.05) is 32.2 Å². The molecule has 0 aliphatic heterocycles. The van der Waals surface area contributed by atoms with Crippen LogP contribution in [0.25, 0.3) is 0 Å². The minimum absolute atomic E-state index is 0.0123. The zero-order chi connectivity index (χ0) is 15.2. The molecular formula is C16H22N2O3.